The molecule has 2 heterocycles. The van der Waals surface area contributed by atoms with Crippen molar-refractivity contribution < 1.29 is 13.2 Å². The molecule has 1 aromatic rings. The van der Waals surface area contributed by atoms with Crippen molar-refractivity contribution in [2.24, 2.45) is 0 Å². The highest BCUT2D eigenvalue weighted by Gasteiger charge is 2.34. The zero-order valence-electron chi connectivity index (χ0n) is 14.2. The molecule has 138 valence electrons. The van der Waals surface area contributed by atoms with E-state index < -0.39 is 10.0 Å². The Morgan fingerprint density at radius 1 is 1.48 bits per heavy atom. The molecule has 1 amide bonds. The number of halogens is 1. The normalized spacial score (nSPS) is 17.2. The van der Waals surface area contributed by atoms with Crippen LogP contribution in [0.5, 0.6) is 0 Å². The van der Waals surface area contributed by atoms with Gasteiger partial charge in [0.1, 0.15) is 4.24 Å². The third-order valence-corrected chi connectivity index (χ3v) is 8.69. The van der Waals surface area contributed by atoms with Gasteiger partial charge in [-0.05, 0) is 29.7 Å². The molecule has 0 unspecified atom stereocenters. The lowest BCUT2D eigenvalue weighted by molar-refractivity contribution is -0.134. The topological polar surface area (TPSA) is 57.7 Å². The van der Waals surface area contributed by atoms with Crippen molar-refractivity contribution in [2.45, 2.75) is 26.8 Å². The SMILES string of the molecule is C=C(S/C(=C\C)CC)S(=O)(=O)N1CCN(Cc2sccc2Cl)C(=O)C1. The van der Waals surface area contributed by atoms with Crippen molar-refractivity contribution in [3.05, 3.63) is 43.1 Å². The monoisotopic (exact) mass is 420 g/mol. The first kappa shape index (κ1) is 20.5. The van der Waals surface area contributed by atoms with Gasteiger partial charge in [-0.25, -0.2) is 8.42 Å². The molecule has 1 aliphatic rings. The molecule has 0 aromatic carbocycles. The minimum absolute atomic E-state index is 0.0602. The molecule has 1 aromatic heterocycles. The first-order chi connectivity index (χ1) is 11.8. The number of thioether (sulfide) groups is 1. The number of carbonyl (C=O) groups is 1. The van der Waals surface area contributed by atoms with E-state index in [0.717, 1.165) is 28.0 Å². The summed E-state index contributed by atoms with van der Waals surface area (Å²) in [5.74, 6) is -0.223. The fourth-order valence-corrected chi connectivity index (χ4v) is 5.96. The number of allylic oxidation sites excluding steroid dienone is 2. The Balaban J connectivity index is 2.02. The number of thiophene rings is 1. The number of piperazine rings is 1. The number of rotatable bonds is 7. The number of nitrogens with zero attached hydrogens (tertiary/aromatic N) is 2. The first-order valence-corrected chi connectivity index (χ1v) is 11.3. The zero-order valence-corrected chi connectivity index (χ0v) is 17.4. The maximum absolute atomic E-state index is 12.7. The first-order valence-electron chi connectivity index (χ1n) is 7.81. The zero-order chi connectivity index (χ0) is 18.6. The quantitative estimate of drug-likeness (QED) is 0.671. The molecule has 25 heavy (non-hydrogen) atoms. The van der Waals surface area contributed by atoms with E-state index in [1.165, 1.54) is 15.6 Å². The van der Waals surface area contributed by atoms with Gasteiger partial charge in [-0.2, -0.15) is 4.31 Å². The molecular formula is C16H21ClN2O3S3. The Labute approximate surface area is 162 Å². The fraction of sp³-hybridized carbons (Fsp3) is 0.438. The summed E-state index contributed by atoms with van der Waals surface area (Å²) in [7, 11) is -3.71. The van der Waals surface area contributed by atoms with Crippen LogP contribution in [0.25, 0.3) is 0 Å². The van der Waals surface area contributed by atoms with E-state index >= 15 is 0 Å². The molecule has 9 heteroatoms. The second-order valence-electron chi connectivity index (χ2n) is 5.43. The van der Waals surface area contributed by atoms with Gasteiger partial charge in [0.05, 0.1) is 18.1 Å². The molecule has 0 bridgehead atoms. The molecule has 0 N–H and O–H groups in total. The maximum Gasteiger partial charge on any atom is 0.249 e. The van der Waals surface area contributed by atoms with Crippen molar-refractivity contribution in [1.29, 1.82) is 0 Å². The number of sulfonamides is 1. The van der Waals surface area contributed by atoms with E-state index in [9.17, 15) is 13.2 Å². The number of amides is 1. The van der Waals surface area contributed by atoms with Crippen LogP contribution in [0.3, 0.4) is 0 Å². The van der Waals surface area contributed by atoms with Gasteiger partial charge in [0, 0.05) is 18.0 Å². The molecule has 2 rings (SSSR count). The summed E-state index contributed by atoms with van der Waals surface area (Å²) in [6.45, 7) is 8.38. The van der Waals surface area contributed by atoms with E-state index in [1.54, 1.807) is 11.0 Å². The Morgan fingerprint density at radius 3 is 2.72 bits per heavy atom. The standard InChI is InChI=1S/C16H21ClN2O3S3/c1-4-13(5-2)24-12(3)25(21,22)19-8-7-18(16(20)11-19)10-15-14(17)6-9-23-15/h4,6,9H,3,5,7-8,10-11H2,1-2H3/b13-4-. The van der Waals surface area contributed by atoms with Crippen molar-refractivity contribution in [1.82, 2.24) is 9.21 Å². The van der Waals surface area contributed by atoms with Crippen LogP contribution in [0.2, 0.25) is 5.02 Å². The van der Waals surface area contributed by atoms with Gasteiger partial charge >= 0.3 is 0 Å². The third kappa shape index (κ3) is 4.89. The highest BCUT2D eigenvalue weighted by atomic mass is 35.5. The number of hydrogen-bond acceptors (Lipinski definition) is 5. The number of carbonyl (C=O) groups excluding carboxylic acids is 1. The van der Waals surface area contributed by atoms with Crippen molar-refractivity contribution in [2.75, 3.05) is 19.6 Å². The third-order valence-electron chi connectivity index (χ3n) is 3.85. The van der Waals surface area contributed by atoms with Crippen LogP contribution in [0.15, 0.2) is 33.2 Å². The summed E-state index contributed by atoms with van der Waals surface area (Å²) in [6.07, 6.45) is 2.61. The van der Waals surface area contributed by atoms with Crippen LogP contribution in [0.1, 0.15) is 25.1 Å². The molecule has 0 radical (unpaired) electrons. The molecule has 0 spiro atoms. The van der Waals surface area contributed by atoms with Gasteiger partial charge in [0.25, 0.3) is 0 Å². The Bertz CT molecular complexity index is 786. The summed E-state index contributed by atoms with van der Waals surface area (Å²) in [4.78, 5) is 15.9. The summed E-state index contributed by atoms with van der Waals surface area (Å²) >= 11 is 8.71. The summed E-state index contributed by atoms with van der Waals surface area (Å²) in [5.41, 5.74) is 0. The molecule has 1 aliphatic heterocycles. The van der Waals surface area contributed by atoms with Gasteiger partial charge < -0.3 is 4.90 Å². The predicted molar refractivity (Wildman–Crippen MR) is 106 cm³/mol. The van der Waals surface area contributed by atoms with Crippen molar-refractivity contribution in [3.63, 3.8) is 0 Å². The fourth-order valence-electron chi connectivity index (χ4n) is 2.35. The van der Waals surface area contributed by atoms with Crippen LogP contribution >= 0.6 is 34.7 Å². The lowest BCUT2D eigenvalue weighted by Crippen LogP contribution is -2.51. The summed E-state index contributed by atoms with van der Waals surface area (Å²) in [6, 6.07) is 1.79. The molecule has 5 nitrogen and oxygen atoms in total. The lowest BCUT2D eigenvalue weighted by atomic mass is 10.3. The van der Waals surface area contributed by atoms with E-state index in [2.05, 4.69) is 6.58 Å². The Kier molecular flexibility index (Phi) is 7.16. The Hall–Kier alpha value is -0.800. The highest BCUT2D eigenvalue weighted by molar-refractivity contribution is 8.20. The second kappa shape index (κ2) is 8.73. The van der Waals surface area contributed by atoms with Gasteiger partial charge in [-0.1, -0.05) is 42.9 Å². The van der Waals surface area contributed by atoms with Gasteiger partial charge in [-0.15, -0.1) is 11.3 Å². The Morgan fingerprint density at radius 2 is 2.20 bits per heavy atom. The summed E-state index contributed by atoms with van der Waals surface area (Å²) in [5, 5.41) is 2.51. The van der Waals surface area contributed by atoms with Crippen LogP contribution < -0.4 is 0 Å². The number of hydrogen-bond donors (Lipinski definition) is 0. The van der Waals surface area contributed by atoms with Crippen LogP contribution in [0, 0.1) is 0 Å². The van der Waals surface area contributed by atoms with E-state index in [-0.39, 0.29) is 23.2 Å². The predicted octanol–water partition coefficient (Wildman–Crippen LogP) is 3.89. The van der Waals surface area contributed by atoms with Crippen LogP contribution in [0.4, 0.5) is 0 Å². The molecule has 1 saturated heterocycles. The van der Waals surface area contributed by atoms with Gasteiger partial charge in [-0.3, -0.25) is 4.79 Å². The smallest absolute Gasteiger partial charge is 0.249 e. The largest absolute Gasteiger partial charge is 0.335 e. The van der Waals surface area contributed by atoms with Crippen LogP contribution in [-0.2, 0) is 21.4 Å². The van der Waals surface area contributed by atoms with E-state index in [0.29, 0.717) is 18.1 Å². The maximum atomic E-state index is 12.7. The summed E-state index contributed by atoms with van der Waals surface area (Å²) < 4.78 is 26.6. The molecule has 0 atom stereocenters. The molecule has 0 aliphatic carbocycles. The average molecular weight is 421 g/mol. The minimum Gasteiger partial charge on any atom is -0.335 e. The van der Waals surface area contributed by atoms with Gasteiger partial charge in [0.15, 0.2) is 0 Å². The van der Waals surface area contributed by atoms with E-state index in [1.807, 2.05) is 25.3 Å². The second-order valence-corrected chi connectivity index (χ2v) is 10.3. The van der Waals surface area contributed by atoms with Crippen molar-refractivity contribution >= 4 is 50.6 Å². The van der Waals surface area contributed by atoms with Crippen molar-refractivity contribution in [3.8, 4) is 0 Å². The average Bonchev–Trinajstić information content (AvgIpc) is 2.98. The van der Waals surface area contributed by atoms with Crippen LogP contribution in [-0.4, -0.2) is 43.2 Å². The lowest BCUT2D eigenvalue weighted by Gasteiger charge is -2.33. The highest BCUT2D eigenvalue weighted by Crippen LogP contribution is 2.32. The van der Waals surface area contributed by atoms with Gasteiger partial charge in [0.2, 0.25) is 15.9 Å². The molecule has 0 saturated carbocycles. The molecule has 1 fully saturated rings. The molecular weight excluding hydrogens is 400 g/mol. The minimum atomic E-state index is -3.71. The van der Waals surface area contributed by atoms with E-state index in [4.69, 9.17) is 11.6 Å².